The van der Waals surface area contributed by atoms with Crippen molar-refractivity contribution in [2.75, 3.05) is 0 Å². The Morgan fingerprint density at radius 3 is 1.75 bits per heavy atom. The number of nitrogens with zero attached hydrogens (tertiary/aromatic N) is 1. The Labute approximate surface area is 111 Å². The normalized spacial score (nSPS) is 9.44. The predicted octanol–water partition coefficient (Wildman–Crippen LogP) is 1.32. The zero-order chi connectivity index (χ0) is 11.7. The van der Waals surface area contributed by atoms with Crippen LogP contribution in [0.3, 0.4) is 0 Å². The van der Waals surface area contributed by atoms with Gasteiger partial charge in [-0.2, -0.15) is 0 Å². The van der Waals surface area contributed by atoms with Crippen molar-refractivity contribution in [2.45, 2.75) is 46.4 Å². The molecule has 1 heterocycles. The van der Waals surface area contributed by atoms with Crippen LogP contribution < -0.4 is 5.32 Å². The number of hydrogen-bond acceptors (Lipinski definition) is 3. The molecule has 88 valence electrons. The molecule has 0 atom stereocenters. The van der Waals surface area contributed by atoms with Gasteiger partial charge in [-0.25, -0.2) is 0 Å². The number of pyridine rings is 1. The summed E-state index contributed by atoms with van der Waals surface area (Å²) < 4.78 is 0. The second kappa shape index (κ2) is 11.2. The fraction of sp³-hybridized carbons (Fsp3) is 0.583. The van der Waals surface area contributed by atoms with E-state index in [0.717, 1.165) is 5.56 Å². The van der Waals surface area contributed by atoms with Gasteiger partial charge in [0, 0.05) is 24.5 Å². The van der Waals surface area contributed by atoms with E-state index in [-0.39, 0.29) is 25.5 Å². The topological polar surface area (TPSA) is 45.1 Å². The van der Waals surface area contributed by atoms with Gasteiger partial charge in [-0.3, -0.25) is 4.98 Å². The maximum atomic E-state index is 8.51. The number of nitrogens with one attached hydrogen (secondary N) is 1. The first-order chi connectivity index (χ1) is 7.06. The van der Waals surface area contributed by atoms with Gasteiger partial charge in [0.15, 0.2) is 0 Å². The average Bonchev–Trinajstić information content (AvgIpc) is 2.18. The minimum absolute atomic E-state index is 0. The van der Waals surface area contributed by atoms with Gasteiger partial charge in [-0.1, -0.05) is 27.7 Å². The van der Waals surface area contributed by atoms with Crippen LogP contribution in [-0.4, -0.2) is 41.0 Å². The Morgan fingerprint density at radius 1 is 1.12 bits per heavy atom. The number of aliphatic hydroxyl groups is 1. The quantitative estimate of drug-likeness (QED) is 0.752. The van der Waals surface area contributed by atoms with Gasteiger partial charge < -0.3 is 10.4 Å². The van der Waals surface area contributed by atoms with Crippen LogP contribution in [0.15, 0.2) is 24.5 Å². The molecule has 3 nitrogen and oxygen atoms in total. The van der Waals surface area contributed by atoms with Gasteiger partial charge in [0.05, 0.1) is 6.61 Å². The molecule has 0 aliphatic heterocycles. The molecule has 0 aliphatic carbocycles. The molecular weight excluding hydrogens is 195 g/mol. The van der Waals surface area contributed by atoms with Gasteiger partial charge in [0.1, 0.15) is 0 Å². The van der Waals surface area contributed by atoms with Crippen LogP contribution in [0.25, 0.3) is 0 Å². The number of aliphatic hydroxyl groups excluding tert-OH is 1. The summed E-state index contributed by atoms with van der Waals surface area (Å²) in [6.45, 7) is 8.71. The SMILES string of the molecule is CC(C)NC(C)C.OCc1ccncc1.[LiH]. The van der Waals surface area contributed by atoms with E-state index in [9.17, 15) is 0 Å². The van der Waals surface area contributed by atoms with Crippen molar-refractivity contribution in [1.82, 2.24) is 10.3 Å². The standard InChI is InChI=1S/C6H7NO.C6H15N.Li.H/c8-5-6-1-3-7-4-2-6;1-5(2)7-6(3)4;;/h1-4,8H,5H2;5-7H,1-4H3;;. The van der Waals surface area contributed by atoms with E-state index in [4.69, 9.17) is 5.11 Å². The predicted molar refractivity (Wildman–Crippen MR) is 70.7 cm³/mol. The molecule has 0 spiro atoms. The molecule has 16 heavy (non-hydrogen) atoms. The van der Waals surface area contributed by atoms with Crippen LogP contribution in [0.2, 0.25) is 0 Å². The Kier molecular flexibility index (Phi) is 12.6. The molecule has 0 fully saturated rings. The van der Waals surface area contributed by atoms with E-state index in [1.54, 1.807) is 24.5 Å². The Hall–Kier alpha value is -0.333. The van der Waals surface area contributed by atoms with Crippen LogP contribution in [0, 0.1) is 0 Å². The molecule has 1 aromatic rings. The second-order valence-electron chi connectivity index (χ2n) is 3.99. The fourth-order valence-corrected chi connectivity index (χ4v) is 1.15. The first-order valence-electron chi connectivity index (χ1n) is 5.32. The Morgan fingerprint density at radius 2 is 1.56 bits per heavy atom. The van der Waals surface area contributed by atoms with Crippen LogP contribution in [-0.2, 0) is 6.61 Å². The van der Waals surface area contributed by atoms with E-state index in [1.165, 1.54) is 0 Å². The van der Waals surface area contributed by atoms with E-state index in [2.05, 4.69) is 38.0 Å². The van der Waals surface area contributed by atoms with Gasteiger partial charge in [-0.15, -0.1) is 0 Å². The molecule has 2 N–H and O–H groups in total. The van der Waals surface area contributed by atoms with Crippen LogP contribution in [0.5, 0.6) is 0 Å². The van der Waals surface area contributed by atoms with Crippen molar-refractivity contribution in [1.29, 1.82) is 0 Å². The summed E-state index contributed by atoms with van der Waals surface area (Å²) in [7, 11) is 0. The van der Waals surface area contributed by atoms with E-state index >= 15 is 0 Å². The first kappa shape index (κ1) is 18.0. The Bertz CT molecular complexity index is 234. The zero-order valence-corrected chi connectivity index (χ0v) is 10.1. The molecule has 0 amide bonds. The maximum absolute atomic E-state index is 8.51. The first-order valence-corrected chi connectivity index (χ1v) is 5.32. The summed E-state index contributed by atoms with van der Waals surface area (Å²) in [5, 5.41) is 11.8. The molecule has 0 aliphatic rings. The van der Waals surface area contributed by atoms with E-state index in [0.29, 0.717) is 12.1 Å². The molecule has 0 radical (unpaired) electrons. The summed E-state index contributed by atoms with van der Waals surface area (Å²) in [5.41, 5.74) is 0.903. The van der Waals surface area contributed by atoms with Gasteiger partial charge in [-0.05, 0) is 17.7 Å². The van der Waals surface area contributed by atoms with Crippen molar-refractivity contribution < 1.29 is 5.11 Å². The van der Waals surface area contributed by atoms with E-state index < -0.39 is 0 Å². The Balaban J connectivity index is 0. The van der Waals surface area contributed by atoms with Gasteiger partial charge >= 0.3 is 18.9 Å². The molecule has 0 saturated heterocycles. The average molecular weight is 218 g/mol. The third kappa shape index (κ3) is 11.7. The monoisotopic (exact) mass is 218 g/mol. The van der Waals surface area contributed by atoms with Crippen molar-refractivity contribution in [2.24, 2.45) is 0 Å². The third-order valence-electron chi connectivity index (χ3n) is 1.60. The minimum atomic E-state index is 0. The van der Waals surface area contributed by atoms with Crippen LogP contribution >= 0.6 is 0 Å². The third-order valence-corrected chi connectivity index (χ3v) is 1.60. The summed E-state index contributed by atoms with van der Waals surface area (Å²) in [4.78, 5) is 3.78. The number of aromatic nitrogens is 1. The summed E-state index contributed by atoms with van der Waals surface area (Å²) in [6, 6.07) is 4.81. The van der Waals surface area contributed by atoms with Crippen LogP contribution in [0.4, 0.5) is 0 Å². The molecule has 4 heteroatoms. The van der Waals surface area contributed by atoms with Crippen molar-refractivity contribution >= 4 is 18.9 Å². The van der Waals surface area contributed by atoms with Gasteiger partial charge in [0.2, 0.25) is 0 Å². The summed E-state index contributed by atoms with van der Waals surface area (Å²) in [5.74, 6) is 0. The molecule has 0 saturated carbocycles. The number of hydrogen-bond donors (Lipinski definition) is 2. The molecule has 1 aromatic heterocycles. The van der Waals surface area contributed by atoms with Crippen LogP contribution in [0.1, 0.15) is 33.3 Å². The molecular formula is C12H23LiN2O. The summed E-state index contributed by atoms with van der Waals surface area (Å²) >= 11 is 0. The summed E-state index contributed by atoms with van der Waals surface area (Å²) in [6.07, 6.45) is 3.32. The van der Waals surface area contributed by atoms with Crippen molar-refractivity contribution in [3.05, 3.63) is 30.1 Å². The van der Waals surface area contributed by atoms with Crippen molar-refractivity contribution in [3.63, 3.8) is 0 Å². The van der Waals surface area contributed by atoms with Gasteiger partial charge in [0.25, 0.3) is 0 Å². The second-order valence-corrected chi connectivity index (χ2v) is 3.99. The molecule has 0 unspecified atom stereocenters. The van der Waals surface area contributed by atoms with E-state index in [1.807, 2.05) is 0 Å². The van der Waals surface area contributed by atoms with Crippen molar-refractivity contribution in [3.8, 4) is 0 Å². The fourth-order valence-electron chi connectivity index (χ4n) is 1.15. The zero-order valence-electron chi connectivity index (χ0n) is 10.1. The number of rotatable bonds is 3. The molecule has 0 aromatic carbocycles. The molecule has 0 bridgehead atoms. The molecule has 1 rings (SSSR count).